The van der Waals surface area contributed by atoms with E-state index in [1.165, 1.54) is 12.1 Å². The van der Waals surface area contributed by atoms with Crippen LogP contribution in [0.1, 0.15) is 12.2 Å². The highest BCUT2D eigenvalue weighted by Gasteiger charge is 2.31. The normalized spacial score (nSPS) is 15.7. The highest BCUT2D eigenvalue weighted by molar-refractivity contribution is 6.66. The molecule has 0 unspecified atom stereocenters. The summed E-state index contributed by atoms with van der Waals surface area (Å²) in [6, 6.07) is 5.09. The molecule has 0 radical (unpaired) electrons. The van der Waals surface area contributed by atoms with Crippen LogP contribution in [0.5, 0.6) is 5.75 Å². The minimum absolute atomic E-state index is 0.0655. The second-order valence-electron chi connectivity index (χ2n) is 6.07. The fraction of sp³-hybridized carbons (Fsp3) is 0.438. The van der Waals surface area contributed by atoms with Crippen LogP contribution in [-0.2, 0) is 3.79 Å². The molecule has 0 amide bonds. The fourth-order valence-corrected chi connectivity index (χ4v) is 2.86. The van der Waals surface area contributed by atoms with E-state index in [-0.39, 0.29) is 17.5 Å². The number of anilines is 3. The Labute approximate surface area is 179 Å². The molecule has 1 aliphatic heterocycles. The summed E-state index contributed by atoms with van der Waals surface area (Å²) in [4.78, 5) is 14.7. The van der Waals surface area contributed by atoms with Crippen molar-refractivity contribution in [1.82, 2.24) is 20.3 Å². The molecule has 1 aliphatic rings. The van der Waals surface area contributed by atoms with Gasteiger partial charge < -0.3 is 20.3 Å². The van der Waals surface area contributed by atoms with Gasteiger partial charge in [-0.3, -0.25) is 0 Å². The molecule has 29 heavy (non-hydrogen) atoms. The average Bonchev–Trinajstić information content (AvgIpc) is 2.91. The molecule has 2 heterocycles. The number of benzene rings is 1. The Bertz CT molecular complexity index is 824. The van der Waals surface area contributed by atoms with Gasteiger partial charge in [0.15, 0.2) is 5.82 Å². The molecule has 1 aromatic carbocycles. The zero-order valence-corrected chi connectivity index (χ0v) is 17.1. The maximum absolute atomic E-state index is 12.3. The van der Waals surface area contributed by atoms with Gasteiger partial charge in [-0.25, -0.2) is 0 Å². The number of hydrogen-bond donors (Lipinski definition) is 2. The first-order chi connectivity index (χ1) is 13.6. The SMILES string of the molecule is FC(F)(F)Oc1ccc(Nc2nc(N3CCCNCC3)nc(C(Cl)(Cl)Cl)n2)cc1. The predicted molar refractivity (Wildman–Crippen MR) is 105 cm³/mol. The van der Waals surface area contributed by atoms with Crippen LogP contribution in [0.25, 0.3) is 0 Å². The van der Waals surface area contributed by atoms with E-state index in [4.69, 9.17) is 34.8 Å². The lowest BCUT2D eigenvalue weighted by molar-refractivity contribution is -0.274. The maximum Gasteiger partial charge on any atom is 0.573 e. The summed E-state index contributed by atoms with van der Waals surface area (Å²) in [5.41, 5.74) is 0.421. The second-order valence-corrected chi connectivity index (χ2v) is 8.35. The van der Waals surface area contributed by atoms with Gasteiger partial charge in [-0.1, -0.05) is 34.8 Å². The highest BCUT2D eigenvalue weighted by atomic mass is 35.6. The largest absolute Gasteiger partial charge is 0.573 e. The first-order valence-corrected chi connectivity index (χ1v) is 9.65. The van der Waals surface area contributed by atoms with Crippen molar-refractivity contribution >= 4 is 52.4 Å². The number of ether oxygens (including phenoxy) is 1. The van der Waals surface area contributed by atoms with Crippen LogP contribution < -0.4 is 20.3 Å². The summed E-state index contributed by atoms with van der Waals surface area (Å²) >= 11 is 17.9. The quantitative estimate of drug-likeness (QED) is 0.649. The molecule has 3 rings (SSSR count). The van der Waals surface area contributed by atoms with Crippen molar-refractivity contribution in [3.8, 4) is 5.75 Å². The van der Waals surface area contributed by atoms with E-state index in [1.54, 1.807) is 0 Å². The van der Waals surface area contributed by atoms with Gasteiger partial charge in [0.2, 0.25) is 15.7 Å². The van der Waals surface area contributed by atoms with E-state index in [2.05, 4.69) is 30.3 Å². The van der Waals surface area contributed by atoms with Gasteiger partial charge in [-0.05, 0) is 37.2 Å². The molecule has 2 N–H and O–H groups in total. The smallest absolute Gasteiger partial charge is 0.406 e. The minimum atomic E-state index is -4.76. The summed E-state index contributed by atoms with van der Waals surface area (Å²) in [5.74, 6) is 0.0187. The van der Waals surface area contributed by atoms with Crippen molar-refractivity contribution in [2.75, 3.05) is 36.4 Å². The summed E-state index contributed by atoms with van der Waals surface area (Å²) < 4.78 is 38.8. The number of hydrogen-bond acceptors (Lipinski definition) is 7. The average molecular weight is 472 g/mol. The lowest BCUT2D eigenvalue weighted by Crippen LogP contribution is -2.30. The third-order valence-corrected chi connectivity index (χ3v) is 4.35. The lowest BCUT2D eigenvalue weighted by atomic mass is 10.3. The monoisotopic (exact) mass is 470 g/mol. The van der Waals surface area contributed by atoms with E-state index >= 15 is 0 Å². The van der Waals surface area contributed by atoms with E-state index in [0.29, 0.717) is 24.7 Å². The molecular weight excluding hydrogens is 456 g/mol. The topological polar surface area (TPSA) is 75.2 Å². The molecule has 0 saturated carbocycles. The Morgan fingerprint density at radius 2 is 1.72 bits per heavy atom. The minimum Gasteiger partial charge on any atom is -0.406 e. The zero-order chi connectivity index (χ0) is 21.1. The van der Waals surface area contributed by atoms with Gasteiger partial charge in [-0.2, -0.15) is 15.0 Å². The third-order valence-electron chi connectivity index (χ3n) is 3.84. The van der Waals surface area contributed by atoms with Gasteiger partial charge >= 0.3 is 6.36 Å². The van der Waals surface area contributed by atoms with Gasteiger partial charge in [0, 0.05) is 25.3 Å². The number of halogens is 6. The van der Waals surface area contributed by atoms with Crippen LogP contribution in [0.3, 0.4) is 0 Å². The first kappa shape index (κ1) is 21.9. The van der Waals surface area contributed by atoms with Crippen molar-refractivity contribution in [3.05, 3.63) is 30.1 Å². The van der Waals surface area contributed by atoms with Crippen LogP contribution in [-0.4, -0.2) is 47.5 Å². The molecule has 0 spiro atoms. The van der Waals surface area contributed by atoms with Gasteiger partial charge in [0.25, 0.3) is 0 Å². The molecule has 158 valence electrons. The standard InChI is InChI=1S/C16H16Cl3F3N6O/c17-15(18,19)12-25-13(27-14(26-12)28-8-1-6-23-7-9-28)24-10-2-4-11(5-3-10)29-16(20,21)22/h2-5,23H,1,6-9H2,(H,24,25,26,27). The highest BCUT2D eigenvalue weighted by Crippen LogP contribution is 2.37. The summed E-state index contributed by atoms with van der Waals surface area (Å²) in [5, 5.41) is 6.15. The van der Waals surface area contributed by atoms with Crippen molar-refractivity contribution < 1.29 is 17.9 Å². The lowest BCUT2D eigenvalue weighted by Gasteiger charge is -2.22. The van der Waals surface area contributed by atoms with Crippen molar-refractivity contribution in [2.24, 2.45) is 0 Å². The van der Waals surface area contributed by atoms with E-state index in [9.17, 15) is 13.2 Å². The second kappa shape index (κ2) is 8.95. The molecule has 0 aliphatic carbocycles. The number of rotatable bonds is 4. The van der Waals surface area contributed by atoms with Crippen molar-refractivity contribution in [2.45, 2.75) is 16.6 Å². The van der Waals surface area contributed by atoms with Gasteiger partial charge in [0.05, 0.1) is 0 Å². The Hall–Kier alpha value is -1.75. The van der Waals surface area contributed by atoms with Crippen LogP contribution in [0.4, 0.5) is 30.8 Å². The molecule has 7 nitrogen and oxygen atoms in total. The first-order valence-electron chi connectivity index (χ1n) is 8.52. The number of alkyl halides is 6. The Kier molecular flexibility index (Phi) is 6.77. The molecule has 0 bridgehead atoms. The molecule has 1 saturated heterocycles. The van der Waals surface area contributed by atoms with Crippen molar-refractivity contribution in [1.29, 1.82) is 0 Å². The summed E-state index contributed by atoms with van der Waals surface area (Å²) in [7, 11) is 0. The number of nitrogens with one attached hydrogen (secondary N) is 2. The van der Waals surface area contributed by atoms with Crippen molar-refractivity contribution in [3.63, 3.8) is 0 Å². The molecule has 0 atom stereocenters. The van der Waals surface area contributed by atoms with E-state index in [0.717, 1.165) is 31.6 Å². The number of nitrogens with zero attached hydrogens (tertiary/aromatic N) is 4. The maximum atomic E-state index is 12.3. The molecular formula is C16H16Cl3F3N6O. The summed E-state index contributed by atoms with van der Waals surface area (Å²) in [6.45, 7) is 2.99. The Morgan fingerprint density at radius 1 is 1.00 bits per heavy atom. The van der Waals surface area contributed by atoms with Crippen LogP contribution in [0.2, 0.25) is 0 Å². The van der Waals surface area contributed by atoms with Crippen LogP contribution >= 0.6 is 34.8 Å². The Balaban J connectivity index is 1.84. The summed E-state index contributed by atoms with van der Waals surface area (Å²) in [6.07, 6.45) is -3.88. The predicted octanol–water partition coefficient (Wildman–Crippen LogP) is 4.14. The van der Waals surface area contributed by atoms with Gasteiger partial charge in [-0.15, -0.1) is 13.2 Å². The molecule has 1 aromatic heterocycles. The molecule has 2 aromatic rings. The zero-order valence-electron chi connectivity index (χ0n) is 14.8. The Morgan fingerprint density at radius 3 is 2.38 bits per heavy atom. The van der Waals surface area contributed by atoms with Crippen LogP contribution in [0.15, 0.2) is 24.3 Å². The van der Waals surface area contributed by atoms with Gasteiger partial charge in [0.1, 0.15) is 5.75 Å². The van der Waals surface area contributed by atoms with Crippen LogP contribution in [0, 0.1) is 0 Å². The molecule has 13 heteroatoms. The fourth-order valence-electron chi connectivity index (χ4n) is 2.60. The third kappa shape index (κ3) is 6.63. The molecule has 1 fully saturated rings. The van der Waals surface area contributed by atoms with E-state index in [1.807, 2.05) is 4.90 Å². The van der Waals surface area contributed by atoms with E-state index < -0.39 is 10.2 Å². The number of aromatic nitrogens is 3.